The van der Waals surface area contributed by atoms with Crippen molar-refractivity contribution in [2.75, 3.05) is 0 Å². The zero-order valence-corrected chi connectivity index (χ0v) is 8.45. The summed E-state index contributed by atoms with van der Waals surface area (Å²) in [6.45, 7) is 4.09. The topological polar surface area (TPSA) is 26.3 Å². The molecule has 0 bridgehead atoms. The van der Waals surface area contributed by atoms with Gasteiger partial charge in [-0.05, 0) is 32.1 Å². The second-order valence-corrected chi connectivity index (χ2v) is 3.77. The van der Waals surface area contributed by atoms with Crippen LogP contribution in [0, 0.1) is 5.92 Å². The molecule has 2 heteroatoms. The molecule has 1 rings (SSSR count). The summed E-state index contributed by atoms with van der Waals surface area (Å²) in [5, 5.41) is 0. The third-order valence-corrected chi connectivity index (χ3v) is 2.54. The summed E-state index contributed by atoms with van der Waals surface area (Å²) < 4.78 is 5.27. The molecule has 13 heavy (non-hydrogen) atoms. The Kier molecular flexibility index (Phi) is 4.00. The molecule has 0 aromatic carbocycles. The monoisotopic (exact) mass is 182 g/mol. The van der Waals surface area contributed by atoms with Crippen molar-refractivity contribution in [1.82, 2.24) is 0 Å². The number of carbonyl (C=O) groups is 1. The van der Waals surface area contributed by atoms with Gasteiger partial charge in [0.15, 0.2) is 0 Å². The van der Waals surface area contributed by atoms with E-state index in [1.165, 1.54) is 0 Å². The first kappa shape index (κ1) is 10.3. The summed E-state index contributed by atoms with van der Waals surface area (Å²) in [5.74, 6) is 0.382. The van der Waals surface area contributed by atoms with Gasteiger partial charge in [0.2, 0.25) is 0 Å². The molecule has 2 atom stereocenters. The molecule has 0 N–H and O–H groups in total. The molecule has 1 unspecified atom stereocenters. The van der Waals surface area contributed by atoms with Crippen molar-refractivity contribution in [1.29, 1.82) is 0 Å². The van der Waals surface area contributed by atoms with Crippen LogP contribution in [-0.2, 0) is 9.53 Å². The fourth-order valence-corrected chi connectivity index (χ4v) is 1.37. The maximum Gasteiger partial charge on any atom is 0.306 e. The zero-order chi connectivity index (χ0) is 9.68. The lowest BCUT2D eigenvalue weighted by molar-refractivity contribution is -0.150. The van der Waals surface area contributed by atoms with E-state index in [1.807, 2.05) is 6.92 Å². The molecule has 1 aliphatic heterocycles. The van der Waals surface area contributed by atoms with Crippen LogP contribution >= 0.6 is 0 Å². The highest BCUT2D eigenvalue weighted by Gasteiger charge is 2.15. The number of esters is 1. The van der Waals surface area contributed by atoms with Crippen LogP contribution in [0.1, 0.15) is 39.5 Å². The first-order valence-corrected chi connectivity index (χ1v) is 5.04. The minimum absolute atomic E-state index is 0.0466. The molecule has 0 aliphatic carbocycles. The molecule has 1 aliphatic rings. The first-order chi connectivity index (χ1) is 6.20. The minimum Gasteiger partial charge on any atom is -0.462 e. The molecule has 0 radical (unpaired) electrons. The second kappa shape index (κ2) is 5.05. The quantitative estimate of drug-likeness (QED) is 0.425. The fraction of sp³-hybridized carbons (Fsp3) is 0.727. The SMILES string of the molecule is CC1OC(=O)CCC/C=C\C[C@@H]1C. The highest BCUT2D eigenvalue weighted by Crippen LogP contribution is 2.15. The third kappa shape index (κ3) is 3.62. The van der Waals surface area contributed by atoms with Gasteiger partial charge >= 0.3 is 5.97 Å². The van der Waals surface area contributed by atoms with Gasteiger partial charge in [-0.3, -0.25) is 4.79 Å². The molecule has 0 aromatic rings. The van der Waals surface area contributed by atoms with Gasteiger partial charge < -0.3 is 4.74 Å². The van der Waals surface area contributed by atoms with Gasteiger partial charge in [0.1, 0.15) is 6.10 Å². The predicted molar refractivity (Wildman–Crippen MR) is 52.3 cm³/mol. The maximum absolute atomic E-state index is 11.2. The molecule has 0 aromatic heterocycles. The van der Waals surface area contributed by atoms with E-state index in [9.17, 15) is 4.79 Å². The average molecular weight is 182 g/mol. The zero-order valence-electron chi connectivity index (χ0n) is 8.45. The van der Waals surface area contributed by atoms with Gasteiger partial charge in [0.25, 0.3) is 0 Å². The molecule has 0 amide bonds. The van der Waals surface area contributed by atoms with Crippen LogP contribution in [0.15, 0.2) is 12.2 Å². The van der Waals surface area contributed by atoms with Crippen LogP contribution in [0.5, 0.6) is 0 Å². The van der Waals surface area contributed by atoms with E-state index < -0.39 is 0 Å². The van der Waals surface area contributed by atoms with Crippen molar-refractivity contribution >= 4 is 5.97 Å². The van der Waals surface area contributed by atoms with Crippen LogP contribution in [-0.4, -0.2) is 12.1 Å². The highest BCUT2D eigenvalue weighted by molar-refractivity contribution is 5.69. The minimum atomic E-state index is -0.0466. The van der Waals surface area contributed by atoms with Crippen LogP contribution in [0.4, 0.5) is 0 Å². The smallest absolute Gasteiger partial charge is 0.306 e. The number of allylic oxidation sites excluding steroid dienone is 2. The Balaban J connectivity index is 2.53. The molecule has 0 saturated heterocycles. The van der Waals surface area contributed by atoms with Gasteiger partial charge in [0, 0.05) is 6.42 Å². The summed E-state index contributed by atoms with van der Waals surface area (Å²) in [5.41, 5.74) is 0. The molecular weight excluding hydrogens is 164 g/mol. The number of hydrogen-bond acceptors (Lipinski definition) is 2. The Labute approximate surface area is 80.0 Å². The van der Waals surface area contributed by atoms with E-state index in [1.54, 1.807) is 0 Å². The predicted octanol–water partition coefficient (Wildman–Crippen LogP) is 2.68. The lowest BCUT2D eigenvalue weighted by atomic mass is 10.0. The number of hydrogen-bond donors (Lipinski definition) is 0. The summed E-state index contributed by atoms with van der Waals surface area (Å²) in [6, 6.07) is 0. The fourth-order valence-electron chi connectivity index (χ4n) is 1.37. The van der Waals surface area contributed by atoms with Crippen molar-refractivity contribution < 1.29 is 9.53 Å². The second-order valence-electron chi connectivity index (χ2n) is 3.77. The van der Waals surface area contributed by atoms with Crippen molar-refractivity contribution in [2.45, 2.75) is 45.6 Å². The third-order valence-electron chi connectivity index (χ3n) is 2.54. The Hall–Kier alpha value is -0.790. The maximum atomic E-state index is 11.2. The van der Waals surface area contributed by atoms with Crippen molar-refractivity contribution in [2.24, 2.45) is 5.92 Å². The largest absolute Gasteiger partial charge is 0.462 e. The lowest BCUT2D eigenvalue weighted by Gasteiger charge is -2.19. The lowest BCUT2D eigenvalue weighted by Crippen LogP contribution is -2.22. The number of ether oxygens (including phenoxy) is 1. The Bertz CT molecular complexity index is 196. The molecule has 1 heterocycles. The normalized spacial score (nSPS) is 33.5. The molecule has 74 valence electrons. The number of rotatable bonds is 0. The van der Waals surface area contributed by atoms with Gasteiger partial charge in [-0.25, -0.2) is 0 Å². The van der Waals surface area contributed by atoms with E-state index >= 15 is 0 Å². The molecule has 0 fully saturated rings. The molecular formula is C11H18O2. The highest BCUT2D eigenvalue weighted by atomic mass is 16.5. The Morgan fingerprint density at radius 1 is 1.38 bits per heavy atom. The van der Waals surface area contributed by atoms with E-state index in [0.717, 1.165) is 19.3 Å². The van der Waals surface area contributed by atoms with Gasteiger partial charge in [0.05, 0.1) is 0 Å². The molecule has 2 nitrogen and oxygen atoms in total. The van der Waals surface area contributed by atoms with Crippen LogP contribution in [0.2, 0.25) is 0 Å². The standard InChI is InChI=1S/C11H18O2/c1-9-7-5-3-4-6-8-11(12)13-10(9)2/h3,5,9-10H,4,6-8H2,1-2H3/b5-3-/t9-,10?/m0/s1. The first-order valence-electron chi connectivity index (χ1n) is 5.04. The van der Waals surface area contributed by atoms with Crippen LogP contribution in [0.25, 0.3) is 0 Å². The average Bonchev–Trinajstić information content (AvgIpc) is 2.09. The van der Waals surface area contributed by atoms with Crippen LogP contribution < -0.4 is 0 Å². The van der Waals surface area contributed by atoms with Gasteiger partial charge in [-0.15, -0.1) is 0 Å². The number of cyclic esters (lactones) is 1. The van der Waals surface area contributed by atoms with E-state index in [0.29, 0.717) is 12.3 Å². The summed E-state index contributed by atoms with van der Waals surface area (Å²) in [7, 11) is 0. The molecule has 0 spiro atoms. The van der Waals surface area contributed by atoms with E-state index in [2.05, 4.69) is 19.1 Å². The van der Waals surface area contributed by atoms with Gasteiger partial charge in [-0.2, -0.15) is 0 Å². The summed E-state index contributed by atoms with van der Waals surface area (Å²) >= 11 is 0. The van der Waals surface area contributed by atoms with Crippen molar-refractivity contribution in [3.63, 3.8) is 0 Å². The summed E-state index contributed by atoms with van der Waals surface area (Å²) in [4.78, 5) is 11.2. The Morgan fingerprint density at radius 2 is 2.15 bits per heavy atom. The van der Waals surface area contributed by atoms with E-state index in [-0.39, 0.29) is 12.1 Å². The Morgan fingerprint density at radius 3 is 2.92 bits per heavy atom. The van der Waals surface area contributed by atoms with Crippen LogP contribution in [0.3, 0.4) is 0 Å². The number of carbonyl (C=O) groups excluding carboxylic acids is 1. The van der Waals surface area contributed by atoms with Gasteiger partial charge in [-0.1, -0.05) is 19.1 Å². The van der Waals surface area contributed by atoms with Crippen molar-refractivity contribution in [3.05, 3.63) is 12.2 Å². The summed E-state index contributed by atoms with van der Waals surface area (Å²) in [6.07, 6.45) is 7.89. The molecule has 0 saturated carbocycles. The van der Waals surface area contributed by atoms with E-state index in [4.69, 9.17) is 4.74 Å². The van der Waals surface area contributed by atoms with Crippen molar-refractivity contribution in [3.8, 4) is 0 Å².